The normalized spacial score (nSPS) is 11.8. The molecule has 6 heteroatoms. The number of halogens is 3. The molecule has 0 saturated carbocycles. The lowest BCUT2D eigenvalue weighted by atomic mass is 9.81. The highest BCUT2D eigenvalue weighted by molar-refractivity contribution is 9.09. The van der Waals surface area contributed by atoms with Crippen LogP contribution in [0, 0.1) is 5.82 Å². The van der Waals surface area contributed by atoms with Gasteiger partial charge in [0.05, 0.1) is 0 Å². The van der Waals surface area contributed by atoms with Crippen molar-refractivity contribution in [2.45, 2.75) is 25.3 Å². The summed E-state index contributed by atoms with van der Waals surface area (Å²) in [5.74, 6) is 0.696. The summed E-state index contributed by atoms with van der Waals surface area (Å²) in [4.78, 5) is 4.33. The summed E-state index contributed by atoms with van der Waals surface area (Å²) >= 11 is 7.15. The first-order chi connectivity index (χ1) is 9.65. The number of hydrogen-bond acceptors (Lipinski definition) is 2. The number of alkyl halides is 2. The first kappa shape index (κ1) is 15.6. The SMILES string of the molecule is CCn1ncnc1CC(CBr)(CBr)c1cccc(F)c1. The van der Waals surface area contributed by atoms with Crippen molar-refractivity contribution in [2.75, 3.05) is 10.7 Å². The Balaban J connectivity index is 2.39. The highest BCUT2D eigenvalue weighted by Gasteiger charge is 2.32. The van der Waals surface area contributed by atoms with Gasteiger partial charge in [-0.15, -0.1) is 0 Å². The van der Waals surface area contributed by atoms with E-state index in [0.717, 1.165) is 17.9 Å². The summed E-state index contributed by atoms with van der Waals surface area (Å²) in [5, 5.41) is 5.63. The van der Waals surface area contributed by atoms with E-state index in [1.165, 1.54) is 6.07 Å². The molecule has 108 valence electrons. The van der Waals surface area contributed by atoms with Gasteiger partial charge < -0.3 is 0 Å². The molecule has 2 aromatic rings. The highest BCUT2D eigenvalue weighted by atomic mass is 79.9. The summed E-state index contributed by atoms with van der Waals surface area (Å²) in [5.41, 5.74) is 0.708. The molecule has 1 aromatic heterocycles. The second-order valence-electron chi connectivity index (χ2n) is 4.73. The van der Waals surface area contributed by atoms with Crippen molar-refractivity contribution in [1.29, 1.82) is 0 Å². The van der Waals surface area contributed by atoms with Gasteiger partial charge in [-0.1, -0.05) is 44.0 Å². The molecule has 0 saturated heterocycles. The maximum atomic E-state index is 13.5. The molecule has 0 unspecified atom stereocenters. The van der Waals surface area contributed by atoms with Crippen LogP contribution in [0.2, 0.25) is 0 Å². The molecule has 0 atom stereocenters. The summed E-state index contributed by atoms with van der Waals surface area (Å²) in [7, 11) is 0. The van der Waals surface area contributed by atoms with Gasteiger partial charge in [-0.05, 0) is 24.6 Å². The van der Waals surface area contributed by atoms with Crippen molar-refractivity contribution in [1.82, 2.24) is 14.8 Å². The molecule has 0 bridgehead atoms. The van der Waals surface area contributed by atoms with E-state index in [-0.39, 0.29) is 11.2 Å². The third kappa shape index (κ3) is 3.11. The zero-order chi connectivity index (χ0) is 14.6. The van der Waals surface area contributed by atoms with Crippen LogP contribution in [0.5, 0.6) is 0 Å². The van der Waals surface area contributed by atoms with E-state index in [9.17, 15) is 4.39 Å². The average molecular weight is 405 g/mol. The zero-order valence-corrected chi connectivity index (χ0v) is 14.4. The molecule has 0 spiro atoms. The van der Waals surface area contributed by atoms with Crippen LogP contribution >= 0.6 is 31.9 Å². The standard InChI is InChI=1S/C14H16Br2FN3/c1-2-20-13(18-10-19-20)7-14(8-15,9-16)11-4-3-5-12(17)6-11/h3-6,10H,2,7-9H2,1H3. The van der Waals surface area contributed by atoms with E-state index in [1.807, 2.05) is 17.7 Å². The fraction of sp³-hybridized carbons (Fsp3) is 0.429. The van der Waals surface area contributed by atoms with E-state index >= 15 is 0 Å². The molecule has 0 N–H and O–H groups in total. The van der Waals surface area contributed by atoms with Crippen molar-refractivity contribution in [3.63, 3.8) is 0 Å². The fourth-order valence-corrected chi connectivity index (χ4v) is 4.17. The number of rotatable bonds is 6. The highest BCUT2D eigenvalue weighted by Crippen LogP contribution is 2.32. The van der Waals surface area contributed by atoms with E-state index < -0.39 is 0 Å². The molecule has 0 radical (unpaired) electrons. The second-order valence-corrected chi connectivity index (χ2v) is 5.85. The molecule has 0 aliphatic heterocycles. The van der Waals surface area contributed by atoms with Crippen LogP contribution in [-0.4, -0.2) is 25.4 Å². The quantitative estimate of drug-likeness (QED) is 0.687. The van der Waals surface area contributed by atoms with Crippen LogP contribution < -0.4 is 0 Å². The Hall–Kier alpha value is -0.750. The van der Waals surface area contributed by atoms with Gasteiger partial charge in [-0.3, -0.25) is 4.68 Å². The first-order valence-electron chi connectivity index (χ1n) is 6.40. The van der Waals surface area contributed by atoms with Crippen LogP contribution in [0.1, 0.15) is 18.3 Å². The Morgan fingerprint density at radius 1 is 1.30 bits per heavy atom. The van der Waals surface area contributed by atoms with Gasteiger partial charge in [0, 0.05) is 29.0 Å². The van der Waals surface area contributed by atoms with Crippen molar-refractivity contribution in [3.05, 3.63) is 47.8 Å². The number of benzene rings is 1. The number of nitrogens with zero attached hydrogens (tertiary/aromatic N) is 3. The summed E-state index contributed by atoms with van der Waals surface area (Å²) in [6.07, 6.45) is 2.26. The lowest BCUT2D eigenvalue weighted by molar-refractivity contribution is 0.496. The van der Waals surface area contributed by atoms with Gasteiger partial charge in [0.2, 0.25) is 0 Å². The monoisotopic (exact) mass is 403 g/mol. The molecule has 3 nitrogen and oxygen atoms in total. The van der Waals surface area contributed by atoms with Gasteiger partial charge in [0.25, 0.3) is 0 Å². The largest absolute Gasteiger partial charge is 0.250 e. The molecular weight excluding hydrogens is 389 g/mol. The van der Waals surface area contributed by atoms with Crippen LogP contribution in [0.25, 0.3) is 0 Å². The third-order valence-electron chi connectivity index (χ3n) is 3.44. The molecular formula is C14H16Br2FN3. The molecule has 1 aromatic carbocycles. The maximum Gasteiger partial charge on any atom is 0.138 e. The van der Waals surface area contributed by atoms with Gasteiger partial charge in [0.15, 0.2) is 0 Å². The van der Waals surface area contributed by atoms with Crippen molar-refractivity contribution in [2.24, 2.45) is 0 Å². The van der Waals surface area contributed by atoms with Crippen LogP contribution in [-0.2, 0) is 18.4 Å². The predicted octanol–water partition coefficient (Wildman–Crippen LogP) is 3.71. The number of aromatic nitrogens is 3. The van der Waals surface area contributed by atoms with E-state index in [2.05, 4.69) is 41.9 Å². The van der Waals surface area contributed by atoms with Crippen molar-refractivity contribution < 1.29 is 4.39 Å². The Labute approximate surface area is 134 Å². The molecule has 20 heavy (non-hydrogen) atoms. The van der Waals surface area contributed by atoms with Gasteiger partial charge >= 0.3 is 0 Å². The molecule has 0 aliphatic rings. The van der Waals surface area contributed by atoms with Crippen molar-refractivity contribution >= 4 is 31.9 Å². The minimum absolute atomic E-state index is 0.217. The van der Waals surface area contributed by atoms with Crippen LogP contribution in [0.15, 0.2) is 30.6 Å². The van der Waals surface area contributed by atoms with Gasteiger partial charge in [-0.25, -0.2) is 9.37 Å². The van der Waals surface area contributed by atoms with E-state index in [0.29, 0.717) is 17.1 Å². The third-order valence-corrected chi connectivity index (χ3v) is 5.59. The summed E-state index contributed by atoms with van der Waals surface area (Å²) < 4.78 is 15.4. The fourth-order valence-electron chi connectivity index (χ4n) is 2.20. The lowest BCUT2D eigenvalue weighted by Crippen LogP contribution is -2.34. The Morgan fingerprint density at radius 2 is 2.05 bits per heavy atom. The van der Waals surface area contributed by atoms with E-state index in [4.69, 9.17) is 0 Å². The van der Waals surface area contributed by atoms with Gasteiger partial charge in [-0.2, -0.15) is 5.10 Å². The molecule has 0 aliphatic carbocycles. The number of aryl methyl sites for hydroxylation is 1. The van der Waals surface area contributed by atoms with Crippen LogP contribution in [0.4, 0.5) is 4.39 Å². The van der Waals surface area contributed by atoms with Crippen LogP contribution in [0.3, 0.4) is 0 Å². The smallest absolute Gasteiger partial charge is 0.138 e. The minimum atomic E-state index is -0.248. The second kappa shape index (κ2) is 6.80. The van der Waals surface area contributed by atoms with E-state index in [1.54, 1.807) is 18.5 Å². The zero-order valence-electron chi connectivity index (χ0n) is 11.2. The lowest BCUT2D eigenvalue weighted by Gasteiger charge is -2.30. The topological polar surface area (TPSA) is 30.7 Å². The Morgan fingerprint density at radius 3 is 2.65 bits per heavy atom. The molecule has 1 heterocycles. The maximum absolute atomic E-state index is 13.5. The number of hydrogen-bond donors (Lipinski definition) is 0. The Bertz CT molecular complexity index is 567. The molecule has 2 rings (SSSR count). The molecule has 0 amide bonds. The average Bonchev–Trinajstić information content (AvgIpc) is 2.92. The first-order valence-corrected chi connectivity index (χ1v) is 8.64. The summed E-state index contributed by atoms with van der Waals surface area (Å²) in [6.45, 7) is 2.81. The Kier molecular flexibility index (Phi) is 5.32. The minimum Gasteiger partial charge on any atom is -0.250 e. The molecule has 0 fully saturated rings. The summed E-state index contributed by atoms with van der Waals surface area (Å²) in [6, 6.07) is 6.76. The predicted molar refractivity (Wildman–Crippen MR) is 85.1 cm³/mol. The van der Waals surface area contributed by atoms with Crippen molar-refractivity contribution in [3.8, 4) is 0 Å². The van der Waals surface area contributed by atoms with Gasteiger partial charge in [0.1, 0.15) is 18.0 Å².